The molecule has 28 heavy (non-hydrogen) atoms. The number of fused-ring (bicyclic) bond motifs is 1. The average Bonchev–Trinajstić information content (AvgIpc) is 3.02. The highest BCUT2D eigenvalue weighted by molar-refractivity contribution is 6.33. The molecule has 0 aliphatic heterocycles. The van der Waals surface area contributed by atoms with E-state index in [-0.39, 0.29) is 11.0 Å². The fourth-order valence-electron chi connectivity index (χ4n) is 3.07. The van der Waals surface area contributed by atoms with Crippen LogP contribution >= 0.6 is 11.6 Å². The lowest BCUT2D eigenvalue weighted by molar-refractivity contribution is 0.102. The van der Waals surface area contributed by atoms with Crippen molar-refractivity contribution in [3.63, 3.8) is 0 Å². The van der Waals surface area contributed by atoms with E-state index in [1.165, 1.54) is 6.20 Å². The van der Waals surface area contributed by atoms with E-state index in [0.29, 0.717) is 27.4 Å². The van der Waals surface area contributed by atoms with Gasteiger partial charge in [-0.05, 0) is 38.1 Å². The Kier molecular flexibility index (Phi) is 4.49. The maximum atomic E-state index is 13.0. The Morgan fingerprint density at radius 1 is 1.11 bits per heavy atom. The standard InChI is InChI=1S/C21H17ClN4O2/c1-12-7-9-14(10-8-12)26-20-18(13(2)25-26)19(27)15(11-23-20)21(28)24-17-6-4-3-5-16(17)22/h3-11H,1-2H3,(H,23,27)(H,24,28). The van der Waals surface area contributed by atoms with Crippen molar-refractivity contribution in [2.75, 3.05) is 5.32 Å². The van der Waals surface area contributed by atoms with Crippen LogP contribution < -0.4 is 10.7 Å². The second-order valence-corrected chi connectivity index (χ2v) is 6.93. The molecule has 2 aromatic heterocycles. The highest BCUT2D eigenvalue weighted by atomic mass is 35.5. The molecule has 0 aliphatic rings. The molecule has 0 bridgehead atoms. The molecule has 0 saturated heterocycles. The van der Waals surface area contributed by atoms with Crippen LogP contribution in [0.2, 0.25) is 5.02 Å². The lowest BCUT2D eigenvalue weighted by Crippen LogP contribution is -2.22. The van der Waals surface area contributed by atoms with E-state index in [0.717, 1.165) is 11.3 Å². The number of benzene rings is 2. The minimum absolute atomic E-state index is 0.000948. The summed E-state index contributed by atoms with van der Waals surface area (Å²) in [5.74, 6) is -0.529. The van der Waals surface area contributed by atoms with Gasteiger partial charge >= 0.3 is 0 Å². The van der Waals surface area contributed by atoms with Crippen LogP contribution in [0.1, 0.15) is 21.6 Å². The first-order chi connectivity index (χ1) is 13.5. The Morgan fingerprint density at radius 2 is 1.82 bits per heavy atom. The van der Waals surface area contributed by atoms with E-state index in [4.69, 9.17) is 11.6 Å². The minimum atomic E-state index is -0.529. The van der Waals surface area contributed by atoms with Gasteiger partial charge in [0.1, 0.15) is 11.2 Å². The van der Waals surface area contributed by atoms with Gasteiger partial charge in [-0.2, -0.15) is 5.10 Å². The summed E-state index contributed by atoms with van der Waals surface area (Å²) in [7, 11) is 0. The smallest absolute Gasteiger partial charge is 0.261 e. The Bertz CT molecular complexity index is 1260. The number of pyridine rings is 1. The molecule has 2 heterocycles. The fraction of sp³-hybridized carbons (Fsp3) is 0.0952. The molecule has 6 nitrogen and oxygen atoms in total. The number of halogens is 1. The zero-order chi connectivity index (χ0) is 19.8. The van der Waals surface area contributed by atoms with E-state index in [9.17, 15) is 9.59 Å². The van der Waals surface area contributed by atoms with Crippen molar-refractivity contribution < 1.29 is 4.79 Å². The quantitative estimate of drug-likeness (QED) is 0.547. The molecule has 0 saturated carbocycles. The van der Waals surface area contributed by atoms with Gasteiger partial charge in [-0.1, -0.05) is 41.4 Å². The minimum Gasteiger partial charge on any atom is -0.345 e. The molecule has 140 valence electrons. The van der Waals surface area contributed by atoms with Crippen LogP contribution in [0.5, 0.6) is 0 Å². The third kappa shape index (κ3) is 3.08. The normalized spacial score (nSPS) is 11.0. The van der Waals surface area contributed by atoms with Crippen molar-refractivity contribution in [2.45, 2.75) is 13.8 Å². The number of rotatable bonds is 3. The molecule has 4 aromatic rings. The lowest BCUT2D eigenvalue weighted by atomic mass is 10.1. The highest BCUT2D eigenvalue weighted by Gasteiger charge is 2.19. The first-order valence-electron chi connectivity index (χ1n) is 8.69. The number of amides is 1. The Hall–Kier alpha value is -3.38. The number of aryl methyl sites for hydroxylation is 2. The molecule has 0 unspecified atom stereocenters. The van der Waals surface area contributed by atoms with Crippen LogP contribution in [0.3, 0.4) is 0 Å². The number of aromatic nitrogens is 3. The highest BCUT2D eigenvalue weighted by Crippen LogP contribution is 2.22. The van der Waals surface area contributed by atoms with E-state index in [2.05, 4.69) is 15.4 Å². The SMILES string of the molecule is Cc1ccc(-n2nc(C)c3c(=O)c(C(=O)Nc4ccccc4Cl)c[nH]c32)cc1. The van der Waals surface area contributed by atoms with Crippen molar-refractivity contribution in [1.29, 1.82) is 0 Å². The van der Waals surface area contributed by atoms with Crippen LogP contribution in [-0.2, 0) is 0 Å². The van der Waals surface area contributed by atoms with Crippen molar-refractivity contribution >= 4 is 34.2 Å². The molecule has 4 rings (SSSR count). The van der Waals surface area contributed by atoms with Gasteiger partial charge in [-0.25, -0.2) is 4.68 Å². The first-order valence-corrected chi connectivity index (χ1v) is 9.07. The van der Waals surface area contributed by atoms with Crippen LogP contribution in [0.4, 0.5) is 5.69 Å². The van der Waals surface area contributed by atoms with E-state index < -0.39 is 5.91 Å². The molecule has 0 fully saturated rings. The maximum Gasteiger partial charge on any atom is 0.261 e. The topological polar surface area (TPSA) is 79.8 Å². The molecule has 2 N–H and O–H groups in total. The van der Waals surface area contributed by atoms with Crippen molar-refractivity contribution in [3.8, 4) is 5.69 Å². The largest absolute Gasteiger partial charge is 0.345 e. The number of para-hydroxylation sites is 1. The third-order valence-electron chi connectivity index (χ3n) is 4.53. The summed E-state index contributed by atoms with van der Waals surface area (Å²) in [5, 5.41) is 7.94. The van der Waals surface area contributed by atoms with E-state index in [1.807, 2.05) is 31.2 Å². The molecular formula is C21H17ClN4O2. The molecule has 1 amide bonds. The van der Waals surface area contributed by atoms with E-state index >= 15 is 0 Å². The molecule has 0 aliphatic carbocycles. The second-order valence-electron chi connectivity index (χ2n) is 6.52. The first kappa shape index (κ1) is 18.0. The monoisotopic (exact) mass is 392 g/mol. The summed E-state index contributed by atoms with van der Waals surface area (Å²) in [6.07, 6.45) is 1.41. The molecular weight excluding hydrogens is 376 g/mol. The van der Waals surface area contributed by atoms with Gasteiger partial charge in [-0.3, -0.25) is 9.59 Å². The van der Waals surface area contributed by atoms with Crippen LogP contribution in [0.25, 0.3) is 16.7 Å². The zero-order valence-electron chi connectivity index (χ0n) is 15.3. The van der Waals surface area contributed by atoms with Crippen molar-refractivity contribution in [1.82, 2.24) is 14.8 Å². The maximum absolute atomic E-state index is 13.0. The predicted octanol–water partition coefficient (Wildman–Crippen LogP) is 4.24. The van der Waals surface area contributed by atoms with Crippen LogP contribution in [0, 0.1) is 13.8 Å². The number of hydrogen-bond acceptors (Lipinski definition) is 3. The summed E-state index contributed by atoms with van der Waals surface area (Å²) in [4.78, 5) is 28.7. The summed E-state index contributed by atoms with van der Waals surface area (Å²) in [5.41, 5.74) is 3.11. The van der Waals surface area contributed by atoms with Crippen LogP contribution in [0.15, 0.2) is 59.5 Å². The van der Waals surface area contributed by atoms with Gasteiger partial charge in [0, 0.05) is 6.20 Å². The Morgan fingerprint density at radius 3 is 2.54 bits per heavy atom. The van der Waals surface area contributed by atoms with Crippen LogP contribution in [-0.4, -0.2) is 20.7 Å². The summed E-state index contributed by atoms with van der Waals surface area (Å²) in [6.45, 7) is 3.75. The fourth-order valence-corrected chi connectivity index (χ4v) is 3.25. The molecule has 2 aromatic carbocycles. The van der Waals surface area contributed by atoms with Gasteiger partial charge in [0.15, 0.2) is 0 Å². The second kappa shape index (κ2) is 6.98. The molecule has 7 heteroatoms. The average molecular weight is 393 g/mol. The van der Waals surface area contributed by atoms with Crippen molar-refractivity contribution in [2.24, 2.45) is 0 Å². The predicted molar refractivity (Wildman–Crippen MR) is 111 cm³/mol. The number of aromatic amines is 1. The van der Waals surface area contributed by atoms with Gasteiger partial charge in [0.05, 0.1) is 27.5 Å². The number of anilines is 1. The number of hydrogen-bond donors (Lipinski definition) is 2. The van der Waals surface area contributed by atoms with E-state index in [1.54, 1.807) is 35.9 Å². The summed E-state index contributed by atoms with van der Waals surface area (Å²) < 4.78 is 1.67. The molecule has 0 radical (unpaired) electrons. The number of carbonyl (C=O) groups excluding carboxylic acids is 1. The van der Waals surface area contributed by atoms with Gasteiger partial charge in [-0.15, -0.1) is 0 Å². The summed E-state index contributed by atoms with van der Waals surface area (Å²) in [6, 6.07) is 14.7. The number of nitrogens with one attached hydrogen (secondary N) is 2. The third-order valence-corrected chi connectivity index (χ3v) is 4.86. The molecule has 0 spiro atoms. The van der Waals surface area contributed by atoms with Gasteiger partial charge in [0.2, 0.25) is 5.43 Å². The lowest BCUT2D eigenvalue weighted by Gasteiger charge is -2.07. The summed E-state index contributed by atoms with van der Waals surface area (Å²) >= 11 is 6.08. The number of nitrogens with zero attached hydrogens (tertiary/aromatic N) is 2. The van der Waals surface area contributed by atoms with Gasteiger partial charge in [0.25, 0.3) is 5.91 Å². The number of carbonyl (C=O) groups is 1. The van der Waals surface area contributed by atoms with Gasteiger partial charge < -0.3 is 10.3 Å². The zero-order valence-corrected chi connectivity index (χ0v) is 16.0. The number of H-pyrrole nitrogens is 1. The Balaban J connectivity index is 1.78. The Labute approximate surface area is 165 Å². The van der Waals surface area contributed by atoms with Crippen molar-refractivity contribution in [3.05, 3.63) is 86.8 Å². The molecule has 0 atom stereocenters.